The van der Waals surface area contributed by atoms with Crippen molar-refractivity contribution in [1.82, 2.24) is 0 Å². The highest BCUT2D eigenvalue weighted by molar-refractivity contribution is 5.46. The van der Waals surface area contributed by atoms with Crippen LogP contribution in [0, 0.1) is 18.6 Å². The van der Waals surface area contributed by atoms with Gasteiger partial charge in [-0.05, 0) is 44.2 Å². The molecule has 0 fully saturated rings. The summed E-state index contributed by atoms with van der Waals surface area (Å²) in [6.07, 6.45) is 0. The number of benzene rings is 2. The summed E-state index contributed by atoms with van der Waals surface area (Å²) in [6, 6.07) is 11.0. The van der Waals surface area contributed by atoms with Gasteiger partial charge in [0.15, 0.2) is 0 Å². The summed E-state index contributed by atoms with van der Waals surface area (Å²) in [5.41, 5.74) is 2.37. The summed E-state index contributed by atoms with van der Waals surface area (Å²) in [7, 11) is 0. The van der Waals surface area contributed by atoms with Crippen LogP contribution in [0.2, 0.25) is 0 Å². The third kappa shape index (κ3) is 2.86. The maximum absolute atomic E-state index is 13.6. The summed E-state index contributed by atoms with van der Waals surface area (Å²) < 4.78 is 26.7. The molecule has 2 rings (SSSR count). The molecule has 1 nitrogen and oxygen atoms in total. The monoisotopic (exact) mass is 247 g/mol. The number of halogens is 2. The molecule has 0 bridgehead atoms. The highest BCUT2D eigenvalue weighted by atomic mass is 19.1. The van der Waals surface area contributed by atoms with Gasteiger partial charge in [-0.1, -0.05) is 17.7 Å². The van der Waals surface area contributed by atoms with Gasteiger partial charge in [-0.25, -0.2) is 8.78 Å². The molecule has 0 spiro atoms. The molecule has 18 heavy (non-hydrogen) atoms. The largest absolute Gasteiger partial charge is 0.378 e. The molecule has 0 saturated carbocycles. The quantitative estimate of drug-likeness (QED) is 0.845. The van der Waals surface area contributed by atoms with E-state index in [1.807, 2.05) is 31.2 Å². The van der Waals surface area contributed by atoms with Crippen molar-refractivity contribution in [2.24, 2.45) is 0 Å². The fourth-order valence-electron chi connectivity index (χ4n) is 1.82. The molecule has 3 heteroatoms. The second kappa shape index (κ2) is 5.17. The summed E-state index contributed by atoms with van der Waals surface area (Å²) in [4.78, 5) is 0. The SMILES string of the molecule is Cc1ccc(NC(C)c2cc(F)ccc2F)cc1. The van der Waals surface area contributed by atoms with Crippen molar-refractivity contribution in [3.63, 3.8) is 0 Å². The maximum atomic E-state index is 13.6. The Bertz CT molecular complexity index is 535. The van der Waals surface area contributed by atoms with Gasteiger partial charge in [0.05, 0.1) is 6.04 Å². The maximum Gasteiger partial charge on any atom is 0.128 e. The molecular weight excluding hydrogens is 232 g/mol. The smallest absolute Gasteiger partial charge is 0.128 e. The minimum absolute atomic E-state index is 0.289. The third-order valence-corrected chi connectivity index (χ3v) is 2.86. The van der Waals surface area contributed by atoms with Crippen LogP contribution in [0.15, 0.2) is 42.5 Å². The Hall–Kier alpha value is -1.90. The molecule has 0 amide bonds. The Balaban J connectivity index is 2.18. The van der Waals surface area contributed by atoms with Gasteiger partial charge < -0.3 is 5.32 Å². The van der Waals surface area contributed by atoms with Gasteiger partial charge in [-0.3, -0.25) is 0 Å². The van der Waals surface area contributed by atoms with Crippen molar-refractivity contribution < 1.29 is 8.78 Å². The van der Waals surface area contributed by atoms with Crippen LogP contribution in [0.5, 0.6) is 0 Å². The van der Waals surface area contributed by atoms with E-state index >= 15 is 0 Å². The first-order valence-corrected chi connectivity index (χ1v) is 5.84. The highest BCUT2D eigenvalue weighted by Gasteiger charge is 2.11. The second-order valence-electron chi connectivity index (χ2n) is 4.40. The normalized spacial score (nSPS) is 12.2. The molecule has 0 radical (unpaired) electrons. The number of rotatable bonds is 3. The van der Waals surface area contributed by atoms with Crippen molar-refractivity contribution in [2.45, 2.75) is 19.9 Å². The van der Waals surface area contributed by atoms with E-state index in [4.69, 9.17) is 0 Å². The molecule has 0 aromatic heterocycles. The molecule has 2 aromatic rings. The Labute approximate surface area is 105 Å². The molecule has 1 N–H and O–H groups in total. The lowest BCUT2D eigenvalue weighted by atomic mass is 10.1. The van der Waals surface area contributed by atoms with Crippen molar-refractivity contribution in [1.29, 1.82) is 0 Å². The van der Waals surface area contributed by atoms with Crippen LogP contribution >= 0.6 is 0 Å². The first kappa shape index (κ1) is 12.6. The van der Waals surface area contributed by atoms with Gasteiger partial charge in [0, 0.05) is 11.3 Å². The van der Waals surface area contributed by atoms with Gasteiger partial charge in [0.1, 0.15) is 11.6 Å². The van der Waals surface area contributed by atoms with E-state index in [9.17, 15) is 8.78 Å². The molecule has 0 aliphatic rings. The van der Waals surface area contributed by atoms with Gasteiger partial charge in [-0.15, -0.1) is 0 Å². The van der Waals surface area contributed by atoms with E-state index in [0.29, 0.717) is 5.56 Å². The molecule has 1 atom stereocenters. The fourth-order valence-corrected chi connectivity index (χ4v) is 1.82. The topological polar surface area (TPSA) is 12.0 Å². The standard InChI is InChI=1S/C15H15F2N/c1-10-3-6-13(7-4-10)18-11(2)14-9-12(16)5-8-15(14)17/h3-9,11,18H,1-2H3. The van der Waals surface area contributed by atoms with Gasteiger partial charge in [0.2, 0.25) is 0 Å². The predicted molar refractivity (Wildman–Crippen MR) is 69.6 cm³/mol. The van der Waals surface area contributed by atoms with Crippen LogP contribution in [0.1, 0.15) is 24.1 Å². The molecule has 1 unspecified atom stereocenters. The number of hydrogen-bond acceptors (Lipinski definition) is 1. The van der Waals surface area contributed by atoms with Crippen molar-refractivity contribution in [2.75, 3.05) is 5.32 Å². The summed E-state index contributed by atoms with van der Waals surface area (Å²) in [5, 5.41) is 3.15. The van der Waals surface area contributed by atoms with Crippen molar-refractivity contribution >= 4 is 5.69 Å². The molecule has 94 valence electrons. The van der Waals surface area contributed by atoms with E-state index in [2.05, 4.69) is 5.32 Å². The molecule has 0 aliphatic heterocycles. The zero-order chi connectivity index (χ0) is 13.1. The molecule has 0 aliphatic carbocycles. The lowest BCUT2D eigenvalue weighted by molar-refractivity contribution is 0.577. The Kier molecular flexibility index (Phi) is 3.60. The highest BCUT2D eigenvalue weighted by Crippen LogP contribution is 2.22. The zero-order valence-electron chi connectivity index (χ0n) is 10.4. The van der Waals surface area contributed by atoms with E-state index in [1.165, 1.54) is 6.07 Å². The number of nitrogens with one attached hydrogen (secondary N) is 1. The predicted octanol–water partition coefficient (Wildman–Crippen LogP) is 4.45. The van der Waals surface area contributed by atoms with Crippen LogP contribution < -0.4 is 5.32 Å². The van der Waals surface area contributed by atoms with Crippen LogP contribution in [-0.2, 0) is 0 Å². The Morgan fingerprint density at radius 2 is 1.67 bits per heavy atom. The van der Waals surface area contributed by atoms with Gasteiger partial charge >= 0.3 is 0 Å². The summed E-state index contributed by atoms with van der Waals surface area (Å²) >= 11 is 0. The minimum Gasteiger partial charge on any atom is -0.378 e. The van der Waals surface area contributed by atoms with Gasteiger partial charge in [0.25, 0.3) is 0 Å². The van der Waals surface area contributed by atoms with E-state index in [1.54, 1.807) is 6.92 Å². The third-order valence-electron chi connectivity index (χ3n) is 2.86. The van der Waals surface area contributed by atoms with Crippen LogP contribution in [0.4, 0.5) is 14.5 Å². The Morgan fingerprint density at radius 3 is 2.33 bits per heavy atom. The van der Waals surface area contributed by atoms with Crippen LogP contribution in [0.3, 0.4) is 0 Å². The molecule has 0 heterocycles. The molecule has 0 saturated heterocycles. The second-order valence-corrected chi connectivity index (χ2v) is 4.40. The number of hydrogen-bond donors (Lipinski definition) is 1. The fraction of sp³-hybridized carbons (Fsp3) is 0.200. The van der Waals surface area contributed by atoms with E-state index in [-0.39, 0.29) is 6.04 Å². The first-order valence-electron chi connectivity index (χ1n) is 5.84. The average molecular weight is 247 g/mol. The summed E-state index contributed by atoms with van der Waals surface area (Å²) in [5.74, 6) is -0.826. The number of aryl methyl sites for hydroxylation is 1. The van der Waals surface area contributed by atoms with E-state index in [0.717, 1.165) is 23.4 Å². The van der Waals surface area contributed by atoms with Gasteiger partial charge in [-0.2, -0.15) is 0 Å². The lowest BCUT2D eigenvalue weighted by Crippen LogP contribution is -2.09. The van der Waals surface area contributed by atoms with Crippen LogP contribution in [-0.4, -0.2) is 0 Å². The molecular formula is C15H15F2N. The number of anilines is 1. The minimum atomic E-state index is -0.427. The van der Waals surface area contributed by atoms with Crippen molar-refractivity contribution in [3.8, 4) is 0 Å². The van der Waals surface area contributed by atoms with Crippen molar-refractivity contribution in [3.05, 3.63) is 65.2 Å². The average Bonchev–Trinajstić information content (AvgIpc) is 2.35. The lowest BCUT2D eigenvalue weighted by Gasteiger charge is -2.16. The van der Waals surface area contributed by atoms with E-state index < -0.39 is 11.6 Å². The summed E-state index contributed by atoms with van der Waals surface area (Å²) in [6.45, 7) is 3.80. The molecule has 2 aromatic carbocycles. The Morgan fingerprint density at radius 1 is 1.00 bits per heavy atom. The van der Waals surface area contributed by atoms with Crippen LogP contribution in [0.25, 0.3) is 0 Å². The zero-order valence-corrected chi connectivity index (χ0v) is 10.4. The first-order chi connectivity index (χ1) is 8.56.